The fraction of sp³-hybridized carbons (Fsp3) is 0.700. The molecular formula is C10H18N4O2. The van der Waals surface area contributed by atoms with Crippen LogP contribution in [0.25, 0.3) is 0 Å². The second-order valence-electron chi connectivity index (χ2n) is 3.49. The highest BCUT2D eigenvalue weighted by Gasteiger charge is 2.11. The van der Waals surface area contributed by atoms with Crippen LogP contribution in [-0.4, -0.2) is 45.6 Å². The number of nitrogens with zero attached hydrogens (tertiary/aromatic N) is 4. The van der Waals surface area contributed by atoms with Gasteiger partial charge in [-0.1, -0.05) is 12.1 Å². The summed E-state index contributed by atoms with van der Waals surface area (Å²) in [5.74, 6) is -0.201. The van der Waals surface area contributed by atoms with Gasteiger partial charge in [0.25, 0.3) is 0 Å². The topological polar surface area (TPSA) is 60.2 Å². The Balaban J connectivity index is 2.45. The highest BCUT2D eigenvalue weighted by Crippen LogP contribution is 2.00. The molecule has 0 fully saturated rings. The van der Waals surface area contributed by atoms with E-state index in [9.17, 15) is 4.79 Å². The lowest BCUT2D eigenvalue weighted by atomic mass is 10.4. The number of carbonyl (C=O) groups excluding carboxylic acids is 1. The van der Waals surface area contributed by atoms with Crippen LogP contribution in [-0.2, 0) is 23.1 Å². The third kappa shape index (κ3) is 3.98. The van der Waals surface area contributed by atoms with Crippen LogP contribution in [0.4, 0.5) is 0 Å². The van der Waals surface area contributed by atoms with Gasteiger partial charge in [0.2, 0.25) is 0 Å². The Labute approximate surface area is 95.2 Å². The number of likely N-dealkylation sites (N-methyl/N-ethyl adjacent to an activating group) is 1. The molecule has 6 heteroatoms. The molecule has 0 radical (unpaired) electrons. The van der Waals surface area contributed by atoms with Crippen molar-refractivity contribution >= 4 is 5.97 Å². The van der Waals surface area contributed by atoms with Crippen LogP contribution in [0.2, 0.25) is 0 Å². The minimum atomic E-state index is -0.201. The van der Waals surface area contributed by atoms with Crippen LogP contribution in [0.1, 0.15) is 19.5 Å². The number of rotatable bonds is 6. The Morgan fingerprint density at radius 1 is 1.56 bits per heavy atom. The summed E-state index contributed by atoms with van der Waals surface area (Å²) >= 11 is 0. The van der Waals surface area contributed by atoms with Crippen molar-refractivity contribution in [3.63, 3.8) is 0 Å². The number of aromatic nitrogens is 3. The zero-order valence-electron chi connectivity index (χ0n) is 10.0. The number of carbonyl (C=O) groups is 1. The van der Waals surface area contributed by atoms with Crippen molar-refractivity contribution in [2.45, 2.75) is 20.4 Å². The maximum absolute atomic E-state index is 11.3. The van der Waals surface area contributed by atoms with Crippen LogP contribution in [0, 0.1) is 0 Å². The van der Waals surface area contributed by atoms with Gasteiger partial charge in [0, 0.05) is 19.8 Å². The first-order chi connectivity index (χ1) is 7.65. The van der Waals surface area contributed by atoms with Crippen molar-refractivity contribution in [2.75, 3.05) is 19.7 Å². The van der Waals surface area contributed by atoms with Crippen molar-refractivity contribution in [1.82, 2.24) is 19.9 Å². The summed E-state index contributed by atoms with van der Waals surface area (Å²) in [4.78, 5) is 13.3. The van der Waals surface area contributed by atoms with Crippen LogP contribution >= 0.6 is 0 Å². The molecule has 6 nitrogen and oxygen atoms in total. The molecule has 0 saturated heterocycles. The lowest BCUT2D eigenvalue weighted by molar-refractivity contribution is -0.144. The lowest BCUT2D eigenvalue weighted by Gasteiger charge is -2.17. The molecule has 0 aromatic carbocycles. The van der Waals surface area contributed by atoms with Gasteiger partial charge >= 0.3 is 5.97 Å². The van der Waals surface area contributed by atoms with Gasteiger partial charge in [-0.2, -0.15) is 0 Å². The first kappa shape index (κ1) is 12.6. The molecule has 1 rings (SSSR count). The normalized spacial score (nSPS) is 10.8. The summed E-state index contributed by atoms with van der Waals surface area (Å²) in [6.07, 6.45) is 1.84. The maximum atomic E-state index is 11.3. The highest BCUT2D eigenvalue weighted by molar-refractivity contribution is 5.71. The smallest absolute Gasteiger partial charge is 0.320 e. The summed E-state index contributed by atoms with van der Waals surface area (Å²) < 4.78 is 6.54. The summed E-state index contributed by atoms with van der Waals surface area (Å²) in [5, 5.41) is 7.82. The summed E-state index contributed by atoms with van der Waals surface area (Å²) in [6, 6.07) is 0. The number of hydrogen-bond donors (Lipinski definition) is 0. The highest BCUT2D eigenvalue weighted by atomic mass is 16.5. The Bertz CT molecular complexity index is 337. The molecule has 90 valence electrons. The zero-order valence-corrected chi connectivity index (χ0v) is 10.0. The molecule has 0 saturated carbocycles. The molecule has 0 aliphatic rings. The second-order valence-corrected chi connectivity index (χ2v) is 3.49. The number of ether oxygens (including phenoxy) is 1. The molecule has 0 amide bonds. The molecule has 1 aromatic heterocycles. The summed E-state index contributed by atoms with van der Waals surface area (Å²) in [6.45, 7) is 5.90. The molecule has 16 heavy (non-hydrogen) atoms. The van der Waals surface area contributed by atoms with Crippen LogP contribution < -0.4 is 0 Å². The molecule has 0 bridgehead atoms. The molecule has 1 aromatic rings. The first-order valence-corrected chi connectivity index (χ1v) is 5.38. The third-order valence-electron chi connectivity index (χ3n) is 2.14. The molecule has 0 atom stereocenters. The van der Waals surface area contributed by atoms with E-state index in [1.165, 1.54) is 0 Å². The Kier molecular flexibility index (Phi) is 4.91. The fourth-order valence-electron chi connectivity index (χ4n) is 1.37. The molecule has 1 heterocycles. The predicted molar refractivity (Wildman–Crippen MR) is 58.6 cm³/mol. The van der Waals surface area contributed by atoms with E-state index in [2.05, 4.69) is 10.3 Å². The van der Waals surface area contributed by atoms with Crippen molar-refractivity contribution in [2.24, 2.45) is 7.05 Å². The Hall–Kier alpha value is -1.43. The van der Waals surface area contributed by atoms with E-state index >= 15 is 0 Å². The number of hydrogen-bond acceptors (Lipinski definition) is 5. The third-order valence-corrected chi connectivity index (χ3v) is 2.14. The van der Waals surface area contributed by atoms with E-state index in [1.54, 1.807) is 11.6 Å². The molecule has 0 N–H and O–H groups in total. The van der Waals surface area contributed by atoms with Gasteiger partial charge in [-0.25, -0.2) is 0 Å². The quantitative estimate of drug-likeness (QED) is 0.648. The average molecular weight is 226 g/mol. The van der Waals surface area contributed by atoms with Crippen molar-refractivity contribution in [3.05, 3.63) is 11.9 Å². The SMILES string of the molecule is CCOC(=O)CN(CC)Cc1cn(C)nn1. The lowest BCUT2D eigenvalue weighted by Crippen LogP contribution is -2.30. The van der Waals surface area contributed by atoms with Gasteiger partial charge in [0.15, 0.2) is 0 Å². The van der Waals surface area contributed by atoms with E-state index in [-0.39, 0.29) is 5.97 Å². The van der Waals surface area contributed by atoms with Gasteiger partial charge in [0.05, 0.1) is 18.8 Å². The fourth-order valence-corrected chi connectivity index (χ4v) is 1.37. The zero-order chi connectivity index (χ0) is 12.0. The van der Waals surface area contributed by atoms with E-state index in [0.717, 1.165) is 12.2 Å². The van der Waals surface area contributed by atoms with E-state index in [0.29, 0.717) is 19.7 Å². The second kappa shape index (κ2) is 6.22. The molecular weight excluding hydrogens is 208 g/mol. The van der Waals surface area contributed by atoms with E-state index in [1.807, 2.05) is 25.1 Å². The van der Waals surface area contributed by atoms with Crippen LogP contribution in [0.5, 0.6) is 0 Å². The van der Waals surface area contributed by atoms with Crippen LogP contribution in [0.15, 0.2) is 6.20 Å². The standard InChI is InChI=1S/C10H18N4O2/c1-4-14(8-10(15)16-5-2)7-9-6-13(3)12-11-9/h6H,4-5,7-8H2,1-3H3. The molecule has 0 unspecified atom stereocenters. The van der Waals surface area contributed by atoms with Gasteiger partial charge in [-0.15, -0.1) is 5.10 Å². The largest absolute Gasteiger partial charge is 0.465 e. The van der Waals surface area contributed by atoms with Gasteiger partial charge in [-0.3, -0.25) is 14.4 Å². The number of aryl methyl sites for hydroxylation is 1. The van der Waals surface area contributed by atoms with Gasteiger partial charge < -0.3 is 4.74 Å². The minimum Gasteiger partial charge on any atom is -0.465 e. The monoisotopic (exact) mass is 226 g/mol. The summed E-state index contributed by atoms with van der Waals surface area (Å²) in [7, 11) is 1.82. The molecule has 0 aliphatic carbocycles. The molecule has 0 spiro atoms. The Morgan fingerprint density at radius 2 is 2.31 bits per heavy atom. The van der Waals surface area contributed by atoms with E-state index < -0.39 is 0 Å². The van der Waals surface area contributed by atoms with Crippen molar-refractivity contribution in [1.29, 1.82) is 0 Å². The van der Waals surface area contributed by atoms with Gasteiger partial charge in [0.1, 0.15) is 0 Å². The van der Waals surface area contributed by atoms with Crippen molar-refractivity contribution < 1.29 is 9.53 Å². The average Bonchev–Trinajstić information content (AvgIpc) is 2.63. The minimum absolute atomic E-state index is 0.201. The maximum Gasteiger partial charge on any atom is 0.320 e. The Morgan fingerprint density at radius 3 is 2.81 bits per heavy atom. The summed E-state index contributed by atoms with van der Waals surface area (Å²) in [5.41, 5.74) is 0.855. The first-order valence-electron chi connectivity index (χ1n) is 5.38. The van der Waals surface area contributed by atoms with E-state index in [4.69, 9.17) is 4.74 Å². The van der Waals surface area contributed by atoms with Crippen molar-refractivity contribution in [3.8, 4) is 0 Å². The molecule has 0 aliphatic heterocycles. The van der Waals surface area contributed by atoms with Gasteiger partial charge in [-0.05, 0) is 13.5 Å². The number of esters is 1. The van der Waals surface area contributed by atoms with Crippen LogP contribution in [0.3, 0.4) is 0 Å². The predicted octanol–water partition coefficient (Wildman–Crippen LogP) is 0.200.